The molecule has 0 aliphatic carbocycles. The van der Waals surface area contributed by atoms with Crippen molar-refractivity contribution in [3.63, 3.8) is 0 Å². The lowest BCUT2D eigenvalue weighted by atomic mass is 10.2. The van der Waals surface area contributed by atoms with Crippen molar-refractivity contribution in [1.29, 1.82) is 0 Å². The molecule has 0 saturated carbocycles. The number of unbranched alkanes of at least 4 members (excludes halogenated alkanes) is 2. The lowest BCUT2D eigenvalue weighted by Crippen LogP contribution is -2.35. The predicted molar refractivity (Wildman–Crippen MR) is 53.4 cm³/mol. The van der Waals surface area contributed by atoms with Crippen LogP contribution in [0.4, 0.5) is 0 Å². The number of imide groups is 1. The van der Waals surface area contributed by atoms with Crippen LogP contribution in [0.2, 0.25) is 0 Å². The van der Waals surface area contributed by atoms with Gasteiger partial charge in [0.1, 0.15) is 0 Å². The number of rotatable bonds is 4. The molecule has 0 rings (SSSR count). The van der Waals surface area contributed by atoms with Crippen molar-refractivity contribution in [2.24, 2.45) is 0 Å². The van der Waals surface area contributed by atoms with E-state index >= 15 is 0 Å². The van der Waals surface area contributed by atoms with Crippen LogP contribution in [-0.4, -0.2) is 22.8 Å². The summed E-state index contributed by atoms with van der Waals surface area (Å²) in [5, 5.41) is 0.480. The fourth-order valence-corrected chi connectivity index (χ4v) is 1.02. The Morgan fingerprint density at radius 1 is 1.07 bits per heavy atom. The minimum atomic E-state index is -0.591. The van der Waals surface area contributed by atoms with E-state index in [9.17, 15) is 14.4 Å². The van der Waals surface area contributed by atoms with Gasteiger partial charge in [-0.3, -0.25) is 9.59 Å². The van der Waals surface area contributed by atoms with Crippen LogP contribution in [0.1, 0.15) is 46.5 Å². The standard InChI is InChI=1S/C10H17NO4/c1-4-5-6-7-10(14)15-11(8(2)12)9(3)13/h4-7H2,1-3H3. The first kappa shape index (κ1) is 13.6. The Hall–Kier alpha value is -1.39. The molecule has 2 amide bonds. The summed E-state index contributed by atoms with van der Waals surface area (Å²) in [5.74, 6) is -1.73. The molecule has 0 fully saturated rings. The van der Waals surface area contributed by atoms with Gasteiger partial charge in [-0.2, -0.15) is 0 Å². The van der Waals surface area contributed by atoms with E-state index in [2.05, 4.69) is 4.84 Å². The van der Waals surface area contributed by atoms with E-state index in [0.29, 0.717) is 11.5 Å². The van der Waals surface area contributed by atoms with Crippen molar-refractivity contribution in [3.8, 4) is 0 Å². The van der Waals surface area contributed by atoms with Crippen molar-refractivity contribution in [3.05, 3.63) is 0 Å². The molecule has 0 spiro atoms. The van der Waals surface area contributed by atoms with Gasteiger partial charge in [-0.15, -0.1) is 5.06 Å². The van der Waals surface area contributed by atoms with Gasteiger partial charge in [0.15, 0.2) is 0 Å². The molecular formula is C10H17NO4. The summed E-state index contributed by atoms with van der Waals surface area (Å²) >= 11 is 0. The maximum atomic E-state index is 11.2. The van der Waals surface area contributed by atoms with Crippen LogP contribution in [0.15, 0.2) is 0 Å². The maximum Gasteiger partial charge on any atom is 0.333 e. The molecule has 0 aliphatic heterocycles. The van der Waals surface area contributed by atoms with Crippen LogP contribution in [-0.2, 0) is 19.2 Å². The molecule has 0 unspecified atom stereocenters. The summed E-state index contributed by atoms with van der Waals surface area (Å²) < 4.78 is 0. The molecular weight excluding hydrogens is 198 g/mol. The second kappa shape index (κ2) is 6.98. The Kier molecular flexibility index (Phi) is 6.33. The number of hydrogen-bond acceptors (Lipinski definition) is 4. The molecule has 0 aromatic heterocycles. The SMILES string of the molecule is CCCCCC(=O)ON(C(C)=O)C(C)=O. The maximum absolute atomic E-state index is 11.2. The van der Waals surface area contributed by atoms with E-state index in [0.717, 1.165) is 12.8 Å². The van der Waals surface area contributed by atoms with E-state index in [-0.39, 0.29) is 6.42 Å². The highest BCUT2D eigenvalue weighted by Crippen LogP contribution is 2.03. The molecule has 0 radical (unpaired) electrons. The fraction of sp³-hybridized carbons (Fsp3) is 0.700. The molecule has 0 atom stereocenters. The third-order valence-electron chi connectivity index (χ3n) is 1.75. The van der Waals surface area contributed by atoms with Gasteiger partial charge >= 0.3 is 5.97 Å². The summed E-state index contributed by atoms with van der Waals surface area (Å²) in [6.07, 6.45) is 2.86. The number of carbonyl (C=O) groups is 3. The van der Waals surface area contributed by atoms with Crippen molar-refractivity contribution in [2.75, 3.05) is 0 Å². The van der Waals surface area contributed by atoms with E-state index in [1.165, 1.54) is 13.8 Å². The van der Waals surface area contributed by atoms with Gasteiger partial charge in [0, 0.05) is 20.3 Å². The minimum absolute atomic E-state index is 0.227. The summed E-state index contributed by atoms with van der Waals surface area (Å²) in [6.45, 7) is 4.35. The molecule has 0 N–H and O–H groups in total. The molecule has 5 nitrogen and oxygen atoms in total. The fourth-order valence-electron chi connectivity index (χ4n) is 1.02. The molecule has 0 heterocycles. The molecule has 86 valence electrons. The number of hydroxylamine groups is 2. The largest absolute Gasteiger partial charge is 0.333 e. The number of nitrogens with zero attached hydrogens (tertiary/aromatic N) is 1. The van der Waals surface area contributed by atoms with Crippen LogP contribution in [0.5, 0.6) is 0 Å². The molecule has 0 saturated heterocycles. The highest BCUT2D eigenvalue weighted by molar-refractivity contribution is 5.92. The average Bonchev–Trinajstić information content (AvgIpc) is 2.13. The Balaban J connectivity index is 4.01. The Morgan fingerprint density at radius 3 is 2.00 bits per heavy atom. The highest BCUT2D eigenvalue weighted by Gasteiger charge is 2.18. The lowest BCUT2D eigenvalue weighted by Gasteiger charge is -2.15. The minimum Gasteiger partial charge on any atom is -0.330 e. The van der Waals surface area contributed by atoms with Crippen molar-refractivity contribution < 1.29 is 19.2 Å². The normalized spacial score (nSPS) is 9.53. The molecule has 0 bridgehead atoms. The van der Waals surface area contributed by atoms with Crippen molar-refractivity contribution >= 4 is 17.8 Å². The predicted octanol–water partition coefficient (Wildman–Crippen LogP) is 1.42. The summed E-state index contributed by atoms with van der Waals surface area (Å²) in [5.41, 5.74) is 0. The van der Waals surface area contributed by atoms with E-state index < -0.39 is 17.8 Å². The van der Waals surface area contributed by atoms with Crippen LogP contribution >= 0.6 is 0 Å². The van der Waals surface area contributed by atoms with Gasteiger partial charge in [-0.1, -0.05) is 19.8 Å². The van der Waals surface area contributed by atoms with Crippen LogP contribution in [0.25, 0.3) is 0 Å². The Bertz CT molecular complexity index is 236. The third kappa shape index (κ3) is 5.83. The van der Waals surface area contributed by atoms with Crippen LogP contribution in [0, 0.1) is 0 Å². The summed E-state index contributed by atoms with van der Waals surface area (Å²) in [7, 11) is 0. The lowest BCUT2D eigenvalue weighted by molar-refractivity contribution is -0.200. The third-order valence-corrected chi connectivity index (χ3v) is 1.75. The van der Waals surface area contributed by atoms with Crippen molar-refractivity contribution in [2.45, 2.75) is 46.5 Å². The smallest absolute Gasteiger partial charge is 0.330 e. The zero-order valence-electron chi connectivity index (χ0n) is 9.41. The second-order valence-corrected chi connectivity index (χ2v) is 3.25. The molecule has 0 aromatic carbocycles. The first-order valence-electron chi connectivity index (χ1n) is 5.01. The number of hydrogen-bond donors (Lipinski definition) is 0. The zero-order chi connectivity index (χ0) is 11.8. The van der Waals surface area contributed by atoms with Gasteiger partial charge in [-0.05, 0) is 6.42 Å². The highest BCUT2D eigenvalue weighted by atomic mass is 16.7. The average molecular weight is 215 g/mol. The van der Waals surface area contributed by atoms with Gasteiger partial charge in [-0.25, -0.2) is 4.79 Å². The van der Waals surface area contributed by atoms with Gasteiger partial charge < -0.3 is 4.84 Å². The summed E-state index contributed by atoms with van der Waals surface area (Å²) in [6, 6.07) is 0. The quantitative estimate of drug-likeness (QED) is 0.525. The Morgan fingerprint density at radius 2 is 1.60 bits per heavy atom. The second-order valence-electron chi connectivity index (χ2n) is 3.25. The molecule has 15 heavy (non-hydrogen) atoms. The molecule has 0 aliphatic rings. The first-order chi connectivity index (χ1) is 6.99. The number of carbonyl (C=O) groups excluding carboxylic acids is 3. The zero-order valence-corrected chi connectivity index (χ0v) is 9.41. The van der Waals surface area contributed by atoms with Gasteiger partial charge in [0.25, 0.3) is 11.8 Å². The van der Waals surface area contributed by atoms with Crippen LogP contribution < -0.4 is 0 Å². The van der Waals surface area contributed by atoms with E-state index in [4.69, 9.17) is 0 Å². The van der Waals surface area contributed by atoms with Crippen molar-refractivity contribution in [1.82, 2.24) is 5.06 Å². The molecule has 0 aromatic rings. The topological polar surface area (TPSA) is 63.7 Å². The Labute approximate surface area is 89.3 Å². The summed E-state index contributed by atoms with van der Waals surface area (Å²) in [4.78, 5) is 37.5. The van der Waals surface area contributed by atoms with E-state index in [1.807, 2.05) is 6.92 Å². The number of amides is 2. The van der Waals surface area contributed by atoms with Gasteiger partial charge in [0.2, 0.25) is 0 Å². The van der Waals surface area contributed by atoms with E-state index in [1.54, 1.807) is 0 Å². The van der Waals surface area contributed by atoms with Crippen LogP contribution in [0.3, 0.4) is 0 Å². The molecule has 5 heteroatoms. The first-order valence-corrected chi connectivity index (χ1v) is 5.01. The van der Waals surface area contributed by atoms with Gasteiger partial charge in [0.05, 0.1) is 0 Å². The monoisotopic (exact) mass is 215 g/mol.